The molecule has 190 valence electrons. The van der Waals surface area contributed by atoms with Crippen LogP contribution in [0.1, 0.15) is 56.0 Å². The second-order valence-electron chi connectivity index (χ2n) is 9.26. The average Bonchev–Trinajstić information content (AvgIpc) is 3.15. The van der Waals surface area contributed by atoms with Crippen molar-refractivity contribution < 1.29 is 19.7 Å². The number of benzene rings is 2. The number of aliphatic hydroxyl groups is 2. The van der Waals surface area contributed by atoms with Crippen molar-refractivity contribution in [1.29, 1.82) is 0 Å². The SMILES string of the molecule is CCNC(=O)C[C@@H]1N=C(c2ccc(Cl)cc2)c2cc(OCC(O)C(C)(C)O)ccc2-n2c(C)nnc21. The van der Waals surface area contributed by atoms with Crippen molar-refractivity contribution in [3.05, 3.63) is 70.3 Å². The minimum absolute atomic E-state index is 0.0908. The molecular weight excluding hydrogens is 482 g/mol. The number of aliphatic imine (C=N–C) groups is 1. The predicted octanol–water partition coefficient (Wildman–Crippen LogP) is 3.16. The van der Waals surface area contributed by atoms with Crippen molar-refractivity contribution in [1.82, 2.24) is 20.1 Å². The number of hydrogen-bond donors (Lipinski definition) is 3. The first kappa shape index (κ1) is 25.8. The Bertz CT molecular complexity index is 1280. The molecule has 2 heterocycles. The zero-order valence-electron chi connectivity index (χ0n) is 20.7. The number of ether oxygens (including phenoxy) is 1. The van der Waals surface area contributed by atoms with Crippen molar-refractivity contribution in [2.45, 2.75) is 51.9 Å². The molecule has 0 radical (unpaired) electrons. The van der Waals surface area contributed by atoms with E-state index in [4.69, 9.17) is 21.3 Å². The van der Waals surface area contributed by atoms with Crippen LogP contribution in [0.3, 0.4) is 0 Å². The molecule has 1 aliphatic heterocycles. The second kappa shape index (κ2) is 10.4. The van der Waals surface area contributed by atoms with E-state index in [0.717, 1.165) is 16.8 Å². The molecule has 0 spiro atoms. The van der Waals surface area contributed by atoms with Crippen molar-refractivity contribution in [2.75, 3.05) is 13.2 Å². The van der Waals surface area contributed by atoms with E-state index in [2.05, 4.69) is 15.5 Å². The van der Waals surface area contributed by atoms with Gasteiger partial charge in [-0.3, -0.25) is 14.4 Å². The molecule has 1 amide bonds. The molecule has 3 N–H and O–H groups in total. The van der Waals surface area contributed by atoms with E-state index in [0.29, 0.717) is 34.7 Å². The fraction of sp³-hybridized carbons (Fsp3) is 0.385. The van der Waals surface area contributed by atoms with Gasteiger partial charge in [-0.1, -0.05) is 23.7 Å². The number of halogens is 1. The van der Waals surface area contributed by atoms with Gasteiger partial charge in [-0.15, -0.1) is 10.2 Å². The third-order valence-electron chi connectivity index (χ3n) is 5.99. The summed E-state index contributed by atoms with van der Waals surface area (Å²) in [5, 5.41) is 32.3. The molecule has 0 fully saturated rings. The molecule has 9 nitrogen and oxygen atoms in total. The Morgan fingerprint density at radius 3 is 2.61 bits per heavy atom. The monoisotopic (exact) mass is 511 g/mol. The van der Waals surface area contributed by atoms with E-state index in [1.54, 1.807) is 18.2 Å². The Hall–Kier alpha value is -3.27. The van der Waals surface area contributed by atoms with Crippen molar-refractivity contribution in [2.24, 2.45) is 4.99 Å². The van der Waals surface area contributed by atoms with E-state index in [1.807, 2.05) is 42.7 Å². The van der Waals surface area contributed by atoms with Crippen LogP contribution in [0.4, 0.5) is 0 Å². The lowest BCUT2D eigenvalue weighted by Gasteiger charge is -2.24. The summed E-state index contributed by atoms with van der Waals surface area (Å²) in [5.74, 6) is 1.58. The molecule has 0 saturated heterocycles. The number of nitrogens with one attached hydrogen (secondary N) is 1. The molecule has 1 unspecified atom stereocenters. The molecule has 2 aromatic carbocycles. The van der Waals surface area contributed by atoms with E-state index < -0.39 is 17.7 Å². The van der Waals surface area contributed by atoms with Crippen LogP contribution in [0.15, 0.2) is 47.5 Å². The summed E-state index contributed by atoms with van der Waals surface area (Å²) in [5.41, 5.74) is 1.69. The van der Waals surface area contributed by atoms with E-state index >= 15 is 0 Å². The summed E-state index contributed by atoms with van der Waals surface area (Å²) in [6.45, 7) is 7.19. The van der Waals surface area contributed by atoms with Crippen molar-refractivity contribution in [3.8, 4) is 11.4 Å². The molecule has 1 aromatic heterocycles. The maximum absolute atomic E-state index is 12.6. The Labute approximate surface area is 214 Å². The number of nitrogens with zero attached hydrogens (tertiary/aromatic N) is 4. The molecular formula is C26H30ClN5O4. The molecule has 2 atom stereocenters. The maximum Gasteiger partial charge on any atom is 0.222 e. The highest BCUT2D eigenvalue weighted by molar-refractivity contribution is 6.30. The fourth-order valence-electron chi connectivity index (χ4n) is 3.96. The molecule has 0 aliphatic carbocycles. The third kappa shape index (κ3) is 5.43. The zero-order chi connectivity index (χ0) is 26.0. The van der Waals surface area contributed by atoms with Gasteiger partial charge in [0.25, 0.3) is 0 Å². The van der Waals surface area contributed by atoms with Crippen LogP contribution in [0.5, 0.6) is 5.75 Å². The zero-order valence-corrected chi connectivity index (χ0v) is 21.5. The number of carbonyl (C=O) groups is 1. The number of rotatable bonds is 8. The predicted molar refractivity (Wildman–Crippen MR) is 137 cm³/mol. The third-order valence-corrected chi connectivity index (χ3v) is 6.24. The van der Waals surface area contributed by atoms with Crippen LogP contribution in [-0.2, 0) is 4.79 Å². The van der Waals surface area contributed by atoms with Gasteiger partial charge in [-0.2, -0.15) is 0 Å². The highest BCUT2D eigenvalue weighted by Gasteiger charge is 2.30. The molecule has 0 bridgehead atoms. The molecule has 0 saturated carbocycles. The van der Waals surface area contributed by atoms with Gasteiger partial charge in [0.15, 0.2) is 5.82 Å². The number of fused-ring (bicyclic) bond motifs is 3. The number of amides is 1. The first-order valence-electron chi connectivity index (χ1n) is 11.8. The first-order valence-corrected chi connectivity index (χ1v) is 12.2. The van der Waals surface area contributed by atoms with Gasteiger partial charge in [-0.05, 0) is 58.0 Å². The minimum Gasteiger partial charge on any atom is -0.491 e. The Kier molecular flexibility index (Phi) is 7.44. The lowest BCUT2D eigenvalue weighted by atomic mass is 9.99. The Morgan fingerprint density at radius 2 is 1.94 bits per heavy atom. The summed E-state index contributed by atoms with van der Waals surface area (Å²) in [6, 6.07) is 12.2. The molecule has 10 heteroatoms. The smallest absolute Gasteiger partial charge is 0.222 e. The lowest BCUT2D eigenvalue weighted by Crippen LogP contribution is -2.40. The van der Waals surface area contributed by atoms with Gasteiger partial charge in [0.1, 0.15) is 30.3 Å². The first-order chi connectivity index (χ1) is 17.1. The van der Waals surface area contributed by atoms with Gasteiger partial charge >= 0.3 is 0 Å². The fourth-order valence-corrected chi connectivity index (χ4v) is 4.09. The van der Waals surface area contributed by atoms with Crippen molar-refractivity contribution >= 4 is 23.2 Å². The number of hydrogen-bond acceptors (Lipinski definition) is 7. The van der Waals surface area contributed by atoms with Crippen LogP contribution in [-0.4, -0.2) is 61.5 Å². The Morgan fingerprint density at radius 1 is 1.22 bits per heavy atom. The number of carbonyl (C=O) groups excluding carboxylic acids is 1. The molecule has 3 aromatic rings. The van der Waals surface area contributed by atoms with E-state index in [-0.39, 0.29) is 18.9 Å². The normalized spacial score (nSPS) is 15.9. The van der Waals surface area contributed by atoms with Crippen LogP contribution < -0.4 is 10.1 Å². The van der Waals surface area contributed by atoms with Gasteiger partial charge in [-0.25, -0.2) is 0 Å². The second-order valence-corrected chi connectivity index (χ2v) is 9.69. The summed E-state index contributed by atoms with van der Waals surface area (Å²) in [6.07, 6.45) is -0.966. The molecule has 1 aliphatic rings. The number of aliphatic hydroxyl groups excluding tert-OH is 1. The summed E-state index contributed by atoms with van der Waals surface area (Å²) in [7, 11) is 0. The largest absolute Gasteiger partial charge is 0.491 e. The lowest BCUT2D eigenvalue weighted by molar-refractivity contribution is -0.121. The van der Waals surface area contributed by atoms with Crippen LogP contribution in [0.2, 0.25) is 5.02 Å². The van der Waals surface area contributed by atoms with Gasteiger partial charge in [0.2, 0.25) is 5.91 Å². The van der Waals surface area contributed by atoms with E-state index in [9.17, 15) is 15.0 Å². The standard InChI is InChI=1S/C26H30ClN5O4/c1-5-28-23(34)13-20-25-31-30-15(2)32(25)21-11-10-18(36-14-22(33)26(3,4)35)12-19(21)24(29-20)16-6-8-17(27)9-7-16/h6-12,20,22,33,35H,5,13-14H2,1-4H3,(H,28,34)/t20-,22?/m0/s1. The summed E-state index contributed by atoms with van der Waals surface area (Å²) >= 11 is 6.15. The van der Waals surface area contributed by atoms with Crippen LogP contribution in [0.25, 0.3) is 5.69 Å². The topological polar surface area (TPSA) is 122 Å². The highest BCUT2D eigenvalue weighted by atomic mass is 35.5. The summed E-state index contributed by atoms with van der Waals surface area (Å²) in [4.78, 5) is 17.6. The molecule has 36 heavy (non-hydrogen) atoms. The molecule has 4 rings (SSSR count). The number of aromatic nitrogens is 3. The van der Waals surface area contributed by atoms with Gasteiger partial charge in [0, 0.05) is 22.7 Å². The van der Waals surface area contributed by atoms with E-state index in [1.165, 1.54) is 13.8 Å². The van der Waals surface area contributed by atoms with Crippen LogP contribution in [0, 0.1) is 6.92 Å². The summed E-state index contributed by atoms with van der Waals surface area (Å²) < 4.78 is 7.74. The average molecular weight is 512 g/mol. The quantitative estimate of drug-likeness (QED) is 0.427. The highest BCUT2D eigenvalue weighted by Crippen LogP contribution is 2.34. The van der Waals surface area contributed by atoms with Gasteiger partial charge < -0.3 is 20.3 Å². The Balaban J connectivity index is 1.84. The minimum atomic E-state index is -1.30. The van der Waals surface area contributed by atoms with Gasteiger partial charge in [0.05, 0.1) is 23.4 Å². The maximum atomic E-state index is 12.6. The number of aryl methyl sites for hydroxylation is 1. The van der Waals surface area contributed by atoms with Crippen molar-refractivity contribution in [3.63, 3.8) is 0 Å². The van der Waals surface area contributed by atoms with Crippen LogP contribution >= 0.6 is 11.6 Å².